The van der Waals surface area contributed by atoms with Crippen molar-refractivity contribution in [2.75, 3.05) is 32.4 Å². The molecule has 0 spiro atoms. The maximum Gasteiger partial charge on any atom is 0.253 e. The van der Waals surface area contributed by atoms with Crippen LogP contribution in [0.5, 0.6) is 0 Å². The first-order valence-electron chi connectivity index (χ1n) is 7.91. The minimum absolute atomic E-state index is 0.0726. The topological polar surface area (TPSA) is 40.6 Å². The Kier molecular flexibility index (Phi) is 4.71. The molecule has 0 aromatic heterocycles. The van der Waals surface area contributed by atoms with E-state index >= 15 is 0 Å². The Morgan fingerprint density at radius 3 is 2.09 bits per heavy atom. The van der Waals surface area contributed by atoms with E-state index in [1.54, 1.807) is 11.8 Å². The monoisotopic (exact) mass is 318 g/mol. The lowest BCUT2D eigenvalue weighted by Gasteiger charge is -2.38. The molecule has 2 fully saturated rings. The summed E-state index contributed by atoms with van der Waals surface area (Å²) in [5, 5.41) is 0. The van der Waals surface area contributed by atoms with E-state index in [1.165, 1.54) is 6.42 Å². The van der Waals surface area contributed by atoms with Crippen molar-refractivity contribution in [3.63, 3.8) is 0 Å². The van der Waals surface area contributed by atoms with Gasteiger partial charge < -0.3 is 9.80 Å². The number of carbonyl (C=O) groups excluding carboxylic acids is 2. The Morgan fingerprint density at radius 2 is 1.59 bits per heavy atom. The molecule has 22 heavy (non-hydrogen) atoms. The minimum Gasteiger partial charge on any atom is -0.339 e. The first-order valence-corrected chi connectivity index (χ1v) is 9.13. The largest absolute Gasteiger partial charge is 0.339 e. The lowest BCUT2D eigenvalue weighted by molar-refractivity contribution is -0.139. The molecule has 1 aromatic rings. The van der Waals surface area contributed by atoms with Gasteiger partial charge in [-0.25, -0.2) is 0 Å². The maximum atomic E-state index is 12.5. The zero-order valence-corrected chi connectivity index (χ0v) is 13.8. The van der Waals surface area contributed by atoms with Gasteiger partial charge in [-0.2, -0.15) is 0 Å². The van der Waals surface area contributed by atoms with Crippen molar-refractivity contribution < 1.29 is 9.59 Å². The Labute approximate surface area is 135 Å². The van der Waals surface area contributed by atoms with Gasteiger partial charge in [-0.1, -0.05) is 6.42 Å². The second-order valence-corrected chi connectivity index (χ2v) is 6.85. The first kappa shape index (κ1) is 15.4. The van der Waals surface area contributed by atoms with Gasteiger partial charge in [0.1, 0.15) is 0 Å². The Hall–Kier alpha value is -1.49. The van der Waals surface area contributed by atoms with Gasteiger partial charge in [0.25, 0.3) is 5.91 Å². The summed E-state index contributed by atoms with van der Waals surface area (Å²) in [5.74, 6) is 0.618. The number of piperazine rings is 1. The van der Waals surface area contributed by atoms with Crippen molar-refractivity contribution in [1.82, 2.24) is 9.80 Å². The number of nitrogens with zero attached hydrogens (tertiary/aromatic N) is 2. The van der Waals surface area contributed by atoms with Gasteiger partial charge in [0.15, 0.2) is 0 Å². The Balaban J connectivity index is 1.55. The lowest BCUT2D eigenvalue weighted by Crippen LogP contribution is -2.52. The summed E-state index contributed by atoms with van der Waals surface area (Å²) in [6, 6.07) is 7.74. The van der Waals surface area contributed by atoms with Crippen LogP contribution >= 0.6 is 11.8 Å². The summed E-state index contributed by atoms with van der Waals surface area (Å²) in [6.45, 7) is 2.62. The van der Waals surface area contributed by atoms with Crippen LogP contribution in [-0.4, -0.2) is 54.0 Å². The number of rotatable bonds is 3. The molecule has 1 saturated heterocycles. The van der Waals surface area contributed by atoms with E-state index in [2.05, 4.69) is 0 Å². The van der Waals surface area contributed by atoms with E-state index in [0.717, 1.165) is 23.3 Å². The third-order valence-corrected chi connectivity index (χ3v) is 5.41. The van der Waals surface area contributed by atoms with Gasteiger partial charge in [0.2, 0.25) is 5.91 Å². The predicted molar refractivity (Wildman–Crippen MR) is 88.0 cm³/mol. The van der Waals surface area contributed by atoms with Crippen molar-refractivity contribution >= 4 is 23.6 Å². The van der Waals surface area contributed by atoms with E-state index in [0.29, 0.717) is 32.1 Å². The maximum absolute atomic E-state index is 12.5. The van der Waals surface area contributed by atoms with Crippen molar-refractivity contribution in [3.05, 3.63) is 29.8 Å². The molecule has 2 aliphatic rings. The van der Waals surface area contributed by atoms with Crippen LogP contribution in [0.1, 0.15) is 29.6 Å². The highest BCUT2D eigenvalue weighted by Crippen LogP contribution is 2.28. The number of hydrogen-bond donors (Lipinski definition) is 0. The summed E-state index contributed by atoms with van der Waals surface area (Å²) >= 11 is 1.67. The Bertz CT molecular complexity index is 546. The SMILES string of the molecule is CSc1ccc(C(=O)N2CCN(C(=O)C3CCC3)CC2)cc1. The zero-order valence-electron chi connectivity index (χ0n) is 13.0. The molecule has 1 heterocycles. The van der Waals surface area contributed by atoms with Gasteiger partial charge in [0.05, 0.1) is 0 Å². The first-order chi connectivity index (χ1) is 10.7. The highest BCUT2D eigenvalue weighted by Gasteiger charge is 2.32. The molecule has 5 heteroatoms. The number of amides is 2. The molecule has 1 aromatic carbocycles. The van der Waals surface area contributed by atoms with Crippen molar-refractivity contribution in [2.24, 2.45) is 5.92 Å². The lowest BCUT2D eigenvalue weighted by atomic mass is 9.84. The highest BCUT2D eigenvalue weighted by molar-refractivity contribution is 7.98. The molecule has 1 saturated carbocycles. The fraction of sp³-hybridized carbons (Fsp3) is 0.529. The molecular weight excluding hydrogens is 296 g/mol. The molecule has 1 aliphatic carbocycles. The molecule has 3 rings (SSSR count). The fourth-order valence-corrected chi connectivity index (χ4v) is 3.37. The van der Waals surface area contributed by atoms with Crippen LogP contribution in [0.25, 0.3) is 0 Å². The van der Waals surface area contributed by atoms with Crippen LogP contribution < -0.4 is 0 Å². The predicted octanol–water partition coefficient (Wildman–Crippen LogP) is 2.49. The van der Waals surface area contributed by atoms with Crippen molar-refractivity contribution in [3.8, 4) is 0 Å². The molecule has 0 atom stereocenters. The minimum atomic E-state index is 0.0726. The number of carbonyl (C=O) groups is 2. The quantitative estimate of drug-likeness (QED) is 0.804. The third-order valence-electron chi connectivity index (χ3n) is 4.67. The molecule has 1 aliphatic heterocycles. The van der Waals surface area contributed by atoms with E-state index in [-0.39, 0.29) is 11.8 Å². The van der Waals surface area contributed by atoms with Gasteiger partial charge in [-0.3, -0.25) is 9.59 Å². The molecule has 118 valence electrons. The summed E-state index contributed by atoms with van der Waals surface area (Å²) in [5.41, 5.74) is 0.733. The van der Waals surface area contributed by atoms with Crippen LogP contribution in [-0.2, 0) is 4.79 Å². The normalized spacial score (nSPS) is 19.0. The second kappa shape index (κ2) is 6.73. The summed E-state index contributed by atoms with van der Waals surface area (Å²) in [6.07, 6.45) is 5.29. The third kappa shape index (κ3) is 3.14. The molecule has 0 unspecified atom stereocenters. The van der Waals surface area contributed by atoms with Crippen LogP contribution in [0.2, 0.25) is 0 Å². The van der Waals surface area contributed by atoms with Crippen LogP contribution in [0.15, 0.2) is 29.2 Å². The van der Waals surface area contributed by atoms with Crippen LogP contribution in [0, 0.1) is 5.92 Å². The van der Waals surface area contributed by atoms with Crippen LogP contribution in [0.4, 0.5) is 0 Å². The average Bonchev–Trinajstić information content (AvgIpc) is 2.53. The van der Waals surface area contributed by atoms with Gasteiger partial charge in [-0.05, 0) is 43.4 Å². The smallest absolute Gasteiger partial charge is 0.253 e. The van der Waals surface area contributed by atoms with E-state index < -0.39 is 0 Å². The summed E-state index contributed by atoms with van der Waals surface area (Å²) in [7, 11) is 0. The highest BCUT2D eigenvalue weighted by atomic mass is 32.2. The number of benzene rings is 1. The van der Waals surface area contributed by atoms with E-state index in [1.807, 2.05) is 40.3 Å². The van der Waals surface area contributed by atoms with Gasteiger partial charge in [-0.15, -0.1) is 11.8 Å². The van der Waals surface area contributed by atoms with Gasteiger partial charge in [0, 0.05) is 42.6 Å². The number of thioether (sulfide) groups is 1. The summed E-state index contributed by atoms with van der Waals surface area (Å²) < 4.78 is 0. The molecule has 0 radical (unpaired) electrons. The fourth-order valence-electron chi connectivity index (χ4n) is 2.96. The van der Waals surface area contributed by atoms with E-state index in [4.69, 9.17) is 0 Å². The molecule has 4 nitrogen and oxygen atoms in total. The van der Waals surface area contributed by atoms with E-state index in [9.17, 15) is 9.59 Å². The zero-order chi connectivity index (χ0) is 15.5. The van der Waals surface area contributed by atoms with Crippen molar-refractivity contribution in [1.29, 1.82) is 0 Å². The van der Waals surface area contributed by atoms with Crippen molar-refractivity contribution in [2.45, 2.75) is 24.2 Å². The standard InChI is InChI=1S/C17H22N2O2S/c1-22-15-7-5-14(6-8-15)17(21)19-11-9-18(10-12-19)16(20)13-3-2-4-13/h5-8,13H,2-4,9-12H2,1H3. The molecule has 0 N–H and O–H groups in total. The summed E-state index contributed by atoms with van der Waals surface area (Å²) in [4.78, 5) is 29.7. The average molecular weight is 318 g/mol. The number of hydrogen-bond acceptors (Lipinski definition) is 3. The second-order valence-electron chi connectivity index (χ2n) is 5.97. The molecule has 0 bridgehead atoms. The van der Waals surface area contributed by atoms with Gasteiger partial charge >= 0.3 is 0 Å². The molecule has 2 amide bonds. The molecular formula is C17H22N2O2S. The Morgan fingerprint density at radius 1 is 1.00 bits per heavy atom. The van der Waals surface area contributed by atoms with Crippen LogP contribution in [0.3, 0.4) is 0 Å².